The first-order valence-corrected chi connectivity index (χ1v) is 13.1. The molecule has 6 nitrogen and oxygen atoms in total. The van der Waals surface area contributed by atoms with Crippen LogP contribution in [0.4, 0.5) is 13.6 Å². The summed E-state index contributed by atoms with van der Waals surface area (Å²) in [5.74, 6) is -1.48. The van der Waals surface area contributed by atoms with Crippen molar-refractivity contribution in [3.05, 3.63) is 30.1 Å². The second kappa shape index (κ2) is 9.69. The smallest absolute Gasteiger partial charge is 0.317 e. The van der Waals surface area contributed by atoms with Gasteiger partial charge in [0.05, 0.1) is 0 Å². The number of aromatic nitrogens is 1. The minimum absolute atomic E-state index is 0.140. The van der Waals surface area contributed by atoms with Crippen molar-refractivity contribution in [3.8, 4) is 0 Å². The molecule has 2 aliphatic heterocycles. The zero-order chi connectivity index (χ0) is 23.9. The Bertz CT molecular complexity index is 831. The van der Waals surface area contributed by atoms with Gasteiger partial charge < -0.3 is 10.2 Å². The summed E-state index contributed by atoms with van der Waals surface area (Å²) in [6.07, 6.45) is 6.92. The normalized spacial score (nSPS) is 34.4. The van der Waals surface area contributed by atoms with Crippen LogP contribution in [0.25, 0.3) is 0 Å². The van der Waals surface area contributed by atoms with Crippen molar-refractivity contribution < 1.29 is 13.6 Å². The molecule has 1 aromatic heterocycles. The third kappa shape index (κ3) is 4.81. The molecular formula is C26H39F2N5O. The zero-order valence-corrected chi connectivity index (χ0v) is 20.5. The number of rotatable bonds is 4. The maximum Gasteiger partial charge on any atom is 0.317 e. The molecule has 0 radical (unpaired) electrons. The fourth-order valence-corrected chi connectivity index (χ4v) is 6.91. The van der Waals surface area contributed by atoms with E-state index in [0.717, 1.165) is 45.4 Å². The quantitative estimate of drug-likeness (QED) is 0.720. The van der Waals surface area contributed by atoms with Gasteiger partial charge in [-0.15, -0.1) is 0 Å². The highest BCUT2D eigenvalue weighted by Gasteiger charge is 2.51. The number of alkyl halides is 2. The average molecular weight is 476 g/mol. The van der Waals surface area contributed by atoms with Crippen molar-refractivity contribution in [2.24, 2.45) is 11.8 Å². The van der Waals surface area contributed by atoms with Crippen molar-refractivity contribution in [2.75, 3.05) is 39.3 Å². The van der Waals surface area contributed by atoms with E-state index in [-0.39, 0.29) is 18.5 Å². The molecule has 0 unspecified atom stereocenters. The summed E-state index contributed by atoms with van der Waals surface area (Å²) < 4.78 is 30.2. The molecule has 34 heavy (non-hydrogen) atoms. The van der Waals surface area contributed by atoms with Crippen molar-refractivity contribution in [3.63, 3.8) is 0 Å². The summed E-state index contributed by atoms with van der Waals surface area (Å²) in [5, 5.41) is 2.84. The van der Waals surface area contributed by atoms with Crippen LogP contribution in [-0.2, 0) is 0 Å². The van der Waals surface area contributed by atoms with E-state index in [1.165, 1.54) is 5.56 Å². The summed E-state index contributed by atoms with van der Waals surface area (Å²) >= 11 is 0. The number of urea groups is 1. The summed E-state index contributed by atoms with van der Waals surface area (Å²) in [6, 6.07) is 2.88. The fraction of sp³-hybridized carbons (Fsp3) is 0.769. The predicted molar refractivity (Wildman–Crippen MR) is 128 cm³/mol. The second-order valence-corrected chi connectivity index (χ2v) is 11.2. The third-order valence-corrected chi connectivity index (χ3v) is 8.87. The van der Waals surface area contributed by atoms with Crippen LogP contribution >= 0.6 is 0 Å². The standard InChI is InChI=1S/C26H39F2N5O/c1-18(2)31-9-11-32(12-10-31)23-6-3-7-26(27,28)24(23)30-25(34)33-16-21-13-20(14-22(21)17-33)19-5-4-8-29-15-19/h4-5,8,15,18,20-24H,3,6-7,9-14,16-17H2,1-2H3,(H,30,34)/t20-,21-,22+,23-,24+/m0/s1. The molecule has 0 aromatic carbocycles. The second-order valence-electron chi connectivity index (χ2n) is 11.2. The van der Waals surface area contributed by atoms with Gasteiger partial charge in [-0.25, -0.2) is 13.6 Å². The van der Waals surface area contributed by atoms with Gasteiger partial charge in [0.25, 0.3) is 5.92 Å². The largest absolute Gasteiger partial charge is 0.328 e. The van der Waals surface area contributed by atoms with Gasteiger partial charge in [0.2, 0.25) is 0 Å². The number of hydrogen-bond acceptors (Lipinski definition) is 4. The monoisotopic (exact) mass is 475 g/mol. The maximum absolute atomic E-state index is 15.1. The molecule has 5 rings (SSSR count). The van der Waals surface area contributed by atoms with Gasteiger partial charge in [-0.2, -0.15) is 0 Å². The Morgan fingerprint density at radius 1 is 1.15 bits per heavy atom. The Morgan fingerprint density at radius 2 is 1.85 bits per heavy atom. The molecule has 1 aromatic rings. The molecule has 2 aliphatic carbocycles. The molecule has 2 saturated heterocycles. The Kier molecular flexibility index (Phi) is 6.81. The Morgan fingerprint density at radius 3 is 2.47 bits per heavy atom. The van der Waals surface area contributed by atoms with Gasteiger partial charge >= 0.3 is 6.03 Å². The summed E-state index contributed by atoms with van der Waals surface area (Å²) in [4.78, 5) is 23.8. The number of piperazine rings is 1. The highest BCUT2D eigenvalue weighted by atomic mass is 19.3. The predicted octanol–water partition coefficient (Wildman–Crippen LogP) is 3.80. The number of halogens is 2. The molecule has 5 atom stereocenters. The minimum Gasteiger partial charge on any atom is -0.328 e. The van der Waals surface area contributed by atoms with Gasteiger partial charge in [-0.1, -0.05) is 6.07 Å². The Hall–Kier alpha value is -1.80. The van der Waals surface area contributed by atoms with Crippen LogP contribution in [0, 0.1) is 11.8 Å². The highest BCUT2D eigenvalue weighted by molar-refractivity contribution is 5.75. The molecule has 0 bridgehead atoms. The van der Waals surface area contributed by atoms with E-state index in [0.29, 0.717) is 43.3 Å². The molecule has 188 valence electrons. The molecule has 4 aliphatic rings. The van der Waals surface area contributed by atoms with Gasteiger partial charge in [0.15, 0.2) is 0 Å². The molecular weight excluding hydrogens is 436 g/mol. The molecule has 8 heteroatoms. The third-order valence-electron chi connectivity index (χ3n) is 8.87. The maximum atomic E-state index is 15.1. The van der Waals surface area contributed by atoms with Crippen LogP contribution in [0.5, 0.6) is 0 Å². The number of amides is 2. The van der Waals surface area contributed by atoms with E-state index in [4.69, 9.17) is 0 Å². The first-order valence-electron chi connectivity index (χ1n) is 13.1. The highest BCUT2D eigenvalue weighted by Crippen LogP contribution is 2.46. The van der Waals surface area contributed by atoms with Crippen LogP contribution in [0.3, 0.4) is 0 Å². The van der Waals surface area contributed by atoms with Crippen molar-refractivity contribution in [2.45, 2.75) is 75.9 Å². The summed E-state index contributed by atoms with van der Waals surface area (Å²) in [5.41, 5.74) is 1.27. The van der Waals surface area contributed by atoms with Crippen molar-refractivity contribution in [1.29, 1.82) is 0 Å². The van der Waals surface area contributed by atoms with Crippen molar-refractivity contribution >= 4 is 6.03 Å². The van der Waals surface area contributed by atoms with Crippen LogP contribution in [0.15, 0.2) is 24.5 Å². The number of fused-ring (bicyclic) bond motifs is 1. The minimum atomic E-state index is -2.87. The van der Waals surface area contributed by atoms with E-state index in [1.807, 2.05) is 12.3 Å². The lowest BCUT2D eigenvalue weighted by molar-refractivity contribution is -0.0971. The number of likely N-dealkylation sites (tertiary alicyclic amines) is 1. The number of pyridine rings is 1. The lowest BCUT2D eigenvalue weighted by atomic mass is 9.85. The SMILES string of the molecule is CC(C)N1CCN([C@H]2CCCC(F)(F)[C@@H]2NC(=O)N2C[C@H]3C[C@@H](c4cccnc4)C[C@H]3C2)CC1. The summed E-state index contributed by atoms with van der Waals surface area (Å²) in [6.45, 7) is 9.06. The van der Waals surface area contributed by atoms with Gasteiger partial charge in [-0.3, -0.25) is 14.8 Å². The van der Waals surface area contributed by atoms with Crippen LogP contribution < -0.4 is 5.32 Å². The molecule has 2 amide bonds. The fourth-order valence-electron chi connectivity index (χ4n) is 6.91. The topological polar surface area (TPSA) is 51.7 Å². The Balaban J connectivity index is 1.20. The van der Waals surface area contributed by atoms with Gasteiger partial charge in [-0.05, 0) is 68.9 Å². The van der Waals surface area contributed by atoms with Crippen LogP contribution in [0.1, 0.15) is 57.4 Å². The number of carbonyl (C=O) groups is 1. The van der Waals surface area contributed by atoms with Crippen molar-refractivity contribution in [1.82, 2.24) is 25.0 Å². The molecule has 1 N–H and O–H groups in total. The molecule has 2 saturated carbocycles. The summed E-state index contributed by atoms with van der Waals surface area (Å²) in [7, 11) is 0. The van der Waals surface area contributed by atoms with Gasteiger partial charge in [0, 0.05) is 70.2 Å². The first kappa shape index (κ1) is 23.9. The lowest BCUT2D eigenvalue weighted by Crippen LogP contribution is -2.65. The number of carbonyl (C=O) groups excluding carboxylic acids is 1. The Labute approximate surface area is 202 Å². The first-order chi connectivity index (χ1) is 16.3. The lowest BCUT2D eigenvalue weighted by Gasteiger charge is -2.47. The van der Waals surface area contributed by atoms with Crippen LogP contribution in [0.2, 0.25) is 0 Å². The van der Waals surface area contributed by atoms with E-state index < -0.39 is 12.0 Å². The van der Waals surface area contributed by atoms with E-state index in [1.54, 1.807) is 11.1 Å². The van der Waals surface area contributed by atoms with E-state index in [2.05, 4.69) is 40.0 Å². The van der Waals surface area contributed by atoms with Gasteiger partial charge in [0.1, 0.15) is 6.04 Å². The zero-order valence-electron chi connectivity index (χ0n) is 20.5. The van der Waals surface area contributed by atoms with Crippen LogP contribution in [-0.4, -0.2) is 89.0 Å². The molecule has 3 heterocycles. The number of nitrogens with zero attached hydrogens (tertiary/aromatic N) is 4. The number of nitrogens with one attached hydrogen (secondary N) is 1. The number of hydrogen-bond donors (Lipinski definition) is 1. The van der Waals surface area contributed by atoms with E-state index >= 15 is 8.78 Å². The molecule has 0 spiro atoms. The molecule has 4 fully saturated rings. The average Bonchev–Trinajstić information content (AvgIpc) is 3.40. The van der Waals surface area contributed by atoms with E-state index in [9.17, 15) is 4.79 Å².